The highest BCUT2D eigenvalue weighted by molar-refractivity contribution is 5.78. The second kappa shape index (κ2) is 5.81. The van der Waals surface area contributed by atoms with Crippen LogP contribution in [0.5, 0.6) is 5.75 Å². The van der Waals surface area contributed by atoms with E-state index in [2.05, 4.69) is 5.32 Å². The fourth-order valence-corrected chi connectivity index (χ4v) is 3.02. The molecule has 4 unspecified atom stereocenters. The fourth-order valence-electron chi connectivity index (χ4n) is 3.02. The van der Waals surface area contributed by atoms with Crippen molar-refractivity contribution in [1.29, 1.82) is 0 Å². The molecule has 20 heavy (non-hydrogen) atoms. The topological polar surface area (TPSA) is 73.6 Å². The summed E-state index contributed by atoms with van der Waals surface area (Å²) in [6.07, 6.45) is 2.24. The Kier molecular flexibility index (Phi) is 3.89. The Bertz CT molecular complexity index is 465. The molecule has 0 aromatic heterocycles. The van der Waals surface area contributed by atoms with Crippen LogP contribution in [0.3, 0.4) is 0 Å². The fraction of sp³-hybridized carbons (Fsp3) is 0.533. The molecule has 108 valence electrons. The first-order valence-electron chi connectivity index (χ1n) is 7.10. The van der Waals surface area contributed by atoms with Crippen LogP contribution >= 0.6 is 0 Å². The van der Waals surface area contributed by atoms with Gasteiger partial charge >= 0.3 is 0 Å². The van der Waals surface area contributed by atoms with Crippen LogP contribution in [0.2, 0.25) is 0 Å². The van der Waals surface area contributed by atoms with Gasteiger partial charge in [0.05, 0.1) is 12.1 Å². The Morgan fingerprint density at radius 1 is 1.40 bits per heavy atom. The minimum atomic E-state index is -0.151. The van der Waals surface area contributed by atoms with E-state index in [0.29, 0.717) is 11.7 Å². The molecule has 1 aromatic carbocycles. The molecule has 1 saturated carbocycles. The Labute approximate surface area is 118 Å². The third-order valence-electron chi connectivity index (χ3n) is 4.12. The van der Waals surface area contributed by atoms with Crippen LogP contribution in [0.15, 0.2) is 30.3 Å². The van der Waals surface area contributed by atoms with Gasteiger partial charge in [-0.25, -0.2) is 0 Å². The van der Waals surface area contributed by atoms with Gasteiger partial charge in [-0.1, -0.05) is 18.2 Å². The summed E-state index contributed by atoms with van der Waals surface area (Å²) in [4.78, 5) is 11.9. The van der Waals surface area contributed by atoms with Gasteiger partial charge in [0.25, 0.3) is 5.91 Å². The second-order valence-electron chi connectivity index (χ2n) is 5.41. The zero-order chi connectivity index (χ0) is 13.9. The maximum Gasteiger partial charge on any atom is 0.258 e. The summed E-state index contributed by atoms with van der Waals surface area (Å²) in [5.74, 6) is 0.929. The molecule has 1 aliphatic carbocycles. The molecule has 5 heteroatoms. The molecule has 5 nitrogen and oxygen atoms in total. The van der Waals surface area contributed by atoms with Gasteiger partial charge in [0.1, 0.15) is 5.75 Å². The van der Waals surface area contributed by atoms with E-state index in [9.17, 15) is 4.79 Å². The van der Waals surface area contributed by atoms with E-state index in [1.54, 1.807) is 0 Å². The van der Waals surface area contributed by atoms with E-state index in [1.165, 1.54) is 0 Å². The van der Waals surface area contributed by atoms with E-state index in [0.717, 1.165) is 19.4 Å². The van der Waals surface area contributed by atoms with Gasteiger partial charge in [-0.2, -0.15) is 0 Å². The van der Waals surface area contributed by atoms with Crippen LogP contribution in [0.4, 0.5) is 0 Å². The lowest BCUT2D eigenvalue weighted by Crippen LogP contribution is -2.72. The lowest BCUT2D eigenvalue weighted by molar-refractivity contribution is -0.140. The number of nitrogens with two attached hydrogens (primary N) is 1. The summed E-state index contributed by atoms with van der Waals surface area (Å²) in [5, 5.41) is 2.92. The molecule has 1 heterocycles. The number of nitrogens with one attached hydrogen (secondary N) is 1. The molecule has 1 aliphatic heterocycles. The zero-order valence-electron chi connectivity index (χ0n) is 11.3. The average Bonchev–Trinajstić information content (AvgIpc) is 2.51. The molecule has 3 rings (SSSR count). The van der Waals surface area contributed by atoms with Crippen LogP contribution in [0.25, 0.3) is 0 Å². The number of ether oxygens (including phenoxy) is 2. The van der Waals surface area contributed by atoms with Crippen molar-refractivity contribution in [2.24, 2.45) is 11.7 Å². The normalized spacial score (nSPS) is 31.9. The van der Waals surface area contributed by atoms with E-state index in [-0.39, 0.29) is 30.7 Å². The van der Waals surface area contributed by atoms with Crippen LogP contribution in [-0.4, -0.2) is 37.3 Å². The van der Waals surface area contributed by atoms with Crippen molar-refractivity contribution in [2.75, 3.05) is 13.2 Å². The lowest BCUT2D eigenvalue weighted by atomic mass is 9.68. The first kappa shape index (κ1) is 13.4. The van der Waals surface area contributed by atoms with Crippen molar-refractivity contribution < 1.29 is 14.3 Å². The van der Waals surface area contributed by atoms with Gasteiger partial charge in [-0.15, -0.1) is 0 Å². The van der Waals surface area contributed by atoms with Crippen LogP contribution in [-0.2, 0) is 9.53 Å². The Balaban J connectivity index is 1.47. The van der Waals surface area contributed by atoms with Crippen molar-refractivity contribution in [1.82, 2.24) is 5.32 Å². The molecule has 1 amide bonds. The third-order valence-corrected chi connectivity index (χ3v) is 4.12. The zero-order valence-corrected chi connectivity index (χ0v) is 11.3. The Morgan fingerprint density at radius 3 is 3.00 bits per heavy atom. The molecule has 0 spiro atoms. The summed E-state index contributed by atoms with van der Waals surface area (Å²) >= 11 is 0. The summed E-state index contributed by atoms with van der Waals surface area (Å²) in [5.41, 5.74) is 6.10. The number of fused-ring (bicyclic) bond motifs is 1. The Morgan fingerprint density at radius 2 is 2.20 bits per heavy atom. The van der Waals surface area contributed by atoms with E-state index in [4.69, 9.17) is 15.2 Å². The van der Waals surface area contributed by atoms with Crippen LogP contribution in [0.1, 0.15) is 12.8 Å². The predicted octanol–water partition coefficient (Wildman–Crippen LogP) is 0.686. The number of benzene rings is 1. The van der Waals surface area contributed by atoms with Gasteiger partial charge in [0, 0.05) is 18.6 Å². The van der Waals surface area contributed by atoms with Crippen molar-refractivity contribution in [3.8, 4) is 5.75 Å². The molecule has 2 aliphatic rings. The van der Waals surface area contributed by atoms with Gasteiger partial charge < -0.3 is 20.5 Å². The van der Waals surface area contributed by atoms with E-state index in [1.807, 2.05) is 30.3 Å². The summed E-state index contributed by atoms with van der Waals surface area (Å²) < 4.78 is 11.1. The molecule has 1 saturated heterocycles. The molecule has 4 atom stereocenters. The minimum absolute atomic E-state index is 0.000903. The van der Waals surface area contributed by atoms with Crippen molar-refractivity contribution >= 4 is 5.91 Å². The van der Waals surface area contributed by atoms with Gasteiger partial charge in [-0.3, -0.25) is 4.79 Å². The SMILES string of the molecule is NC1C2CCCOC2C1NC(=O)COc1ccccc1. The molecule has 0 radical (unpaired) electrons. The number of rotatable bonds is 4. The van der Waals surface area contributed by atoms with E-state index < -0.39 is 0 Å². The first-order chi connectivity index (χ1) is 9.75. The van der Waals surface area contributed by atoms with Gasteiger partial charge in [0.15, 0.2) is 6.61 Å². The molecular weight excluding hydrogens is 256 g/mol. The number of para-hydroxylation sites is 1. The van der Waals surface area contributed by atoms with E-state index >= 15 is 0 Å². The number of carbonyl (C=O) groups is 1. The number of amides is 1. The number of carbonyl (C=O) groups excluding carboxylic acids is 1. The molecule has 1 aromatic rings. The van der Waals surface area contributed by atoms with Crippen molar-refractivity contribution in [3.63, 3.8) is 0 Å². The number of hydrogen-bond acceptors (Lipinski definition) is 4. The standard InChI is InChI=1S/C15H20N2O3/c16-13-11-7-4-8-19-15(11)14(13)17-12(18)9-20-10-5-2-1-3-6-10/h1-3,5-6,11,13-15H,4,7-9,16H2,(H,17,18). The first-order valence-corrected chi connectivity index (χ1v) is 7.10. The predicted molar refractivity (Wildman–Crippen MR) is 74.3 cm³/mol. The van der Waals surface area contributed by atoms with Crippen molar-refractivity contribution in [3.05, 3.63) is 30.3 Å². The second-order valence-corrected chi connectivity index (χ2v) is 5.41. The molecule has 3 N–H and O–H groups in total. The largest absolute Gasteiger partial charge is 0.484 e. The quantitative estimate of drug-likeness (QED) is 0.848. The molecule has 0 bridgehead atoms. The van der Waals surface area contributed by atoms with Crippen LogP contribution < -0.4 is 15.8 Å². The maximum absolute atomic E-state index is 11.9. The maximum atomic E-state index is 11.9. The minimum Gasteiger partial charge on any atom is -0.484 e. The summed E-state index contributed by atoms with van der Waals surface area (Å²) in [7, 11) is 0. The average molecular weight is 276 g/mol. The highest BCUT2D eigenvalue weighted by Crippen LogP contribution is 2.36. The molecule has 2 fully saturated rings. The smallest absolute Gasteiger partial charge is 0.258 e. The van der Waals surface area contributed by atoms with Crippen molar-refractivity contribution in [2.45, 2.75) is 31.0 Å². The van der Waals surface area contributed by atoms with Gasteiger partial charge in [0.2, 0.25) is 0 Å². The van der Waals surface area contributed by atoms with Crippen LogP contribution in [0, 0.1) is 5.92 Å². The lowest BCUT2D eigenvalue weighted by Gasteiger charge is -2.52. The highest BCUT2D eigenvalue weighted by Gasteiger charge is 2.51. The number of hydrogen-bond donors (Lipinski definition) is 2. The molecular formula is C15H20N2O3. The summed E-state index contributed by atoms with van der Waals surface area (Å²) in [6.45, 7) is 0.769. The summed E-state index contributed by atoms with van der Waals surface area (Å²) in [6, 6.07) is 9.21. The van der Waals surface area contributed by atoms with Gasteiger partial charge in [-0.05, 0) is 25.0 Å². The third kappa shape index (κ3) is 2.64. The Hall–Kier alpha value is -1.59. The highest BCUT2D eigenvalue weighted by atomic mass is 16.5. The monoisotopic (exact) mass is 276 g/mol.